The van der Waals surface area contributed by atoms with Crippen molar-refractivity contribution in [3.63, 3.8) is 0 Å². The van der Waals surface area contributed by atoms with Crippen LogP contribution < -0.4 is 0 Å². The second-order valence-electron chi connectivity index (χ2n) is 6.73. The first-order valence-corrected chi connectivity index (χ1v) is 8.96. The molecule has 0 unspecified atom stereocenters. The van der Waals surface area contributed by atoms with Crippen LogP contribution in [0.2, 0.25) is 0 Å². The van der Waals surface area contributed by atoms with Crippen molar-refractivity contribution < 1.29 is 14.3 Å². The van der Waals surface area contributed by atoms with Gasteiger partial charge in [-0.3, -0.25) is 9.69 Å². The molecule has 0 saturated carbocycles. The van der Waals surface area contributed by atoms with Crippen molar-refractivity contribution in [1.82, 2.24) is 4.90 Å². The quantitative estimate of drug-likeness (QED) is 0.801. The summed E-state index contributed by atoms with van der Waals surface area (Å²) in [5, 5.41) is 0. The van der Waals surface area contributed by atoms with Crippen LogP contribution in [0.5, 0.6) is 0 Å². The molecule has 1 fully saturated rings. The molecule has 1 saturated heterocycles. The second-order valence-corrected chi connectivity index (χ2v) is 7.59. The van der Waals surface area contributed by atoms with Crippen LogP contribution in [0.25, 0.3) is 0 Å². The lowest BCUT2D eigenvalue weighted by Gasteiger charge is -2.32. The van der Waals surface area contributed by atoms with E-state index in [1.54, 1.807) is 0 Å². The van der Waals surface area contributed by atoms with Crippen molar-refractivity contribution in [3.8, 4) is 0 Å². The summed E-state index contributed by atoms with van der Waals surface area (Å²) in [6, 6.07) is 0.118. The zero-order chi connectivity index (χ0) is 15.6. The molecule has 2 heterocycles. The summed E-state index contributed by atoms with van der Waals surface area (Å²) >= 11 is 1.53. The van der Waals surface area contributed by atoms with E-state index in [1.165, 1.54) is 11.8 Å². The number of hydrogen-bond donors (Lipinski definition) is 0. The Balaban J connectivity index is 2.20. The number of hydrogen-bond acceptors (Lipinski definition) is 4. The molecule has 2 atom stereocenters. The average Bonchev–Trinajstić information content (AvgIpc) is 2.63. The number of ether oxygens (including phenoxy) is 1. The van der Waals surface area contributed by atoms with Gasteiger partial charge in [0.2, 0.25) is 0 Å². The second kappa shape index (κ2) is 6.42. The van der Waals surface area contributed by atoms with Crippen LogP contribution in [0.15, 0.2) is 11.6 Å². The highest BCUT2D eigenvalue weighted by Gasteiger charge is 2.43. The van der Waals surface area contributed by atoms with E-state index in [2.05, 4.69) is 0 Å². The van der Waals surface area contributed by atoms with Gasteiger partial charge in [0.05, 0.1) is 11.8 Å². The topological polar surface area (TPSA) is 46.6 Å². The smallest absolute Gasteiger partial charge is 0.411 e. The summed E-state index contributed by atoms with van der Waals surface area (Å²) in [6.45, 7) is 5.63. The van der Waals surface area contributed by atoms with E-state index in [-0.39, 0.29) is 24.0 Å². The Kier molecular flexibility index (Phi) is 5.02. The minimum atomic E-state index is -0.504. The monoisotopic (exact) mass is 311 g/mol. The van der Waals surface area contributed by atoms with Crippen molar-refractivity contribution in [2.75, 3.05) is 12.0 Å². The Morgan fingerprint density at radius 2 is 2.05 bits per heavy atom. The minimum absolute atomic E-state index is 0.0907. The molecule has 5 heteroatoms. The zero-order valence-electron chi connectivity index (χ0n) is 13.3. The number of Topliss-reactive ketones (excluding diaryl/α,β-unsaturated/α-hetero) is 1. The molecule has 2 bridgehead atoms. The third kappa shape index (κ3) is 3.82. The molecule has 0 aromatic carbocycles. The Labute approximate surface area is 131 Å². The fourth-order valence-electron chi connectivity index (χ4n) is 3.14. The largest absolute Gasteiger partial charge is 0.444 e. The van der Waals surface area contributed by atoms with Crippen molar-refractivity contribution in [2.45, 2.75) is 64.1 Å². The van der Waals surface area contributed by atoms with Gasteiger partial charge >= 0.3 is 6.09 Å². The highest BCUT2D eigenvalue weighted by Crippen LogP contribution is 2.36. The van der Waals surface area contributed by atoms with Crippen LogP contribution in [-0.2, 0) is 9.53 Å². The predicted molar refractivity (Wildman–Crippen MR) is 85.6 cm³/mol. The van der Waals surface area contributed by atoms with E-state index in [4.69, 9.17) is 4.74 Å². The molecule has 21 heavy (non-hydrogen) atoms. The molecule has 4 nitrogen and oxygen atoms in total. The van der Waals surface area contributed by atoms with Crippen LogP contribution in [0.3, 0.4) is 0 Å². The fraction of sp³-hybridized carbons (Fsp3) is 0.750. The number of fused-ring (bicyclic) bond motifs is 2. The molecule has 2 aliphatic rings. The Morgan fingerprint density at radius 1 is 1.33 bits per heavy atom. The van der Waals surface area contributed by atoms with E-state index >= 15 is 0 Å². The van der Waals surface area contributed by atoms with Crippen molar-refractivity contribution >= 4 is 23.6 Å². The molecule has 0 N–H and O–H groups in total. The van der Waals surface area contributed by atoms with Gasteiger partial charge in [-0.25, -0.2) is 4.79 Å². The number of allylic oxidation sites excluding steroid dienone is 1. The number of carbonyl (C=O) groups is 2. The SMILES string of the molecule is CSCC(=O)C1=CCC[C@@H]2CC[C@H]1N2C(=O)OC(C)(C)C. The lowest BCUT2D eigenvalue weighted by atomic mass is 9.97. The Morgan fingerprint density at radius 3 is 2.67 bits per heavy atom. The van der Waals surface area contributed by atoms with Crippen LogP contribution in [0, 0.1) is 0 Å². The molecule has 0 radical (unpaired) electrons. The summed E-state index contributed by atoms with van der Waals surface area (Å²) in [5.74, 6) is 0.637. The third-order valence-electron chi connectivity index (χ3n) is 3.93. The van der Waals surface area contributed by atoms with Crippen LogP contribution in [-0.4, -0.2) is 46.5 Å². The normalized spacial score (nSPS) is 25.3. The number of nitrogens with zero attached hydrogens (tertiary/aromatic N) is 1. The summed E-state index contributed by atoms with van der Waals surface area (Å²) in [7, 11) is 0. The van der Waals surface area contributed by atoms with Crippen LogP contribution in [0.1, 0.15) is 46.5 Å². The maximum absolute atomic E-state index is 12.5. The van der Waals surface area contributed by atoms with E-state index in [1.807, 2.05) is 38.0 Å². The molecule has 0 aliphatic carbocycles. The van der Waals surface area contributed by atoms with Gasteiger partial charge in [-0.15, -0.1) is 0 Å². The summed E-state index contributed by atoms with van der Waals surface area (Å²) < 4.78 is 5.54. The van der Waals surface area contributed by atoms with Gasteiger partial charge in [0, 0.05) is 11.6 Å². The van der Waals surface area contributed by atoms with E-state index in [0.717, 1.165) is 31.3 Å². The first kappa shape index (κ1) is 16.4. The molecule has 118 valence electrons. The summed E-state index contributed by atoms with van der Waals surface area (Å²) in [6.07, 6.45) is 7.32. The van der Waals surface area contributed by atoms with Gasteiger partial charge in [0.15, 0.2) is 5.78 Å². The molecule has 1 amide bonds. The highest BCUT2D eigenvalue weighted by molar-refractivity contribution is 7.99. The number of carbonyl (C=O) groups excluding carboxylic acids is 2. The van der Waals surface area contributed by atoms with Crippen LogP contribution >= 0.6 is 11.8 Å². The maximum Gasteiger partial charge on any atom is 0.411 e. The number of thioether (sulfide) groups is 1. The van der Waals surface area contributed by atoms with E-state index in [0.29, 0.717) is 5.75 Å². The fourth-order valence-corrected chi connectivity index (χ4v) is 3.57. The van der Waals surface area contributed by atoms with Gasteiger partial charge in [-0.1, -0.05) is 6.08 Å². The summed E-state index contributed by atoms with van der Waals surface area (Å²) in [5.41, 5.74) is 0.311. The molecule has 0 spiro atoms. The van der Waals surface area contributed by atoms with E-state index in [9.17, 15) is 9.59 Å². The molecule has 0 aromatic rings. The van der Waals surface area contributed by atoms with Gasteiger partial charge in [-0.05, 0) is 52.7 Å². The number of amides is 1. The first-order valence-electron chi connectivity index (χ1n) is 7.57. The Hall–Kier alpha value is -0.970. The van der Waals surface area contributed by atoms with Crippen molar-refractivity contribution in [1.29, 1.82) is 0 Å². The lowest BCUT2D eigenvalue weighted by Crippen LogP contribution is -2.45. The first-order chi connectivity index (χ1) is 9.83. The van der Waals surface area contributed by atoms with Crippen molar-refractivity contribution in [3.05, 3.63) is 11.6 Å². The van der Waals surface area contributed by atoms with Gasteiger partial charge in [0.1, 0.15) is 5.60 Å². The van der Waals surface area contributed by atoms with Crippen molar-refractivity contribution in [2.24, 2.45) is 0 Å². The number of rotatable bonds is 3. The maximum atomic E-state index is 12.5. The minimum Gasteiger partial charge on any atom is -0.444 e. The molecule has 2 rings (SSSR count). The number of ketones is 1. The van der Waals surface area contributed by atoms with Gasteiger partial charge in [-0.2, -0.15) is 11.8 Å². The molecular weight excluding hydrogens is 286 g/mol. The molecule has 0 aromatic heterocycles. The molecule has 2 aliphatic heterocycles. The molecular formula is C16H25NO3S. The van der Waals surface area contributed by atoms with Gasteiger partial charge in [0.25, 0.3) is 0 Å². The lowest BCUT2D eigenvalue weighted by molar-refractivity contribution is -0.113. The van der Waals surface area contributed by atoms with E-state index < -0.39 is 5.60 Å². The zero-order valence-corrected chi connectivity index (χ0v) is 14.2. The highest BCUT2D eigenvalue weighted by atomic mass is 32.2. The standard InChI is InChI=1S/C16H25NO3S/c1-16(2,3)20-15(19)17-11-6-5-7-12(13(17)9-8-11)14(18)10-21-4/h7,11,13H,5-6,8-10H2,1-4H3/t11-,13-/m1/s1. The van der Waals surface area contributed by atoms with Gasteiger partial charge < -0.3 is 4.74 Å². The van der Waals surface area contributed by atoms with Crippen LogP contribution in [0.4, 0.5) is 4.79 Å². The average molecular weight is 311 g/mol. The summed E-state index contributed by atoms with van der Waals surface area (Å²) in [4.78, 5) is 26.7. The third-order valence-corrected chi connectivity index (χ3v) is 4.48. The Bertz CT molecular complexity index is 453. The predicted octanol–water partition coefficient (Wildman–Crippen LogP) is 3.41.